The molecule has 78 valence electrons. The molecule has 0 radical (unpaired) electrons. The SMILES string of the molecule is CC1Cc2c(Cl)nn3c(I)cnc3c2O1. The van der Waals surface area contributed by atoms with Crippen LogP contribution in [0, 0.1) is 3.70 Å². The van der Waals surface area contributed by atoms with Gasteiger partial charge in [-0.25, -0.2) is 9.50 Å². The number of ether oxygens (including phenoxy) is 1. The van der Waals surface area contributed by atoms with Gasteiger partial charge in [0.05, 0.1) is 6.20 Å². The minimum atomic E-state index is 0.153. The highest BCUT2D eigenvalue weighted by molar-refractivity contribution is 14.1. The number of rotatable bonds is 0. The lowest BCUT2D eigenvalue weighted by molar-refractivity contribution is 0.256. The molecule has 2 aromatic rings. The topological polar surface area (TPSA) is 39.4 Å². The van der Waals surface area contributed by atoms with Gasteiger partial charge in [-0.3, -0.25) is 0 Å². The van der Waals surface area contributed by atoms with Crippen molar-refractivity contribution in [2.75, 3.05) is 0 Å². The summed E-state index contributed by atoms with van der Waals surface area (Å²) in [6.07, 6.45) is 2.72. The number of halogens is 2. The van der Waals surface area contributed by atoms with Gasteiger partial charge in [-0.2, -0.15) is 5.10 Å². The van der Waals surface area contributed by atoms with E-state index in [1.165, 1.54) is 0 Å². The van der Waals surface area contributed by atoms with Gasteiger partial charge >= 0.3 is 0 Å². The maximum absolute atomic E-state index is 6.10. The van der Waals surface area contributed by atoms with Crippen molar-refractivity contribution >= 4 is 39.8 Å². The second kappa shape index (κ2) is 3.21. The first kappa shape index (κ1) is 9.65. The summed E-state index contributed by atoms with van der Waals surface area (Å²) in [6.45, 7) is 2.01. The van der Waals surface area contributed by atoms with Gasteiger partial charge in [0.2, 0.25) is 0 Å². The molecule has 0 amide bonds. The van der Waals surface area contributed by atoms with E-state index in [2.05, 4.69) is 32.7 Å². The third-order valence-corrected chi connectivity index (χ3v) is 3.46. The highest BCUT2D eigenvalue weighted by atomic mass is 127. The third-order valence-electron chi connectivity index (χ3n) is 2.42. The lowest BCUT2D eigenvalue weighted by atomic mass is 10.2. The molecule has 2 aromatic heterocycles. The van der Waals surface area contributed by atoms with Crippen LogP contribution in [-0.2, 0) is 6.42 Å². The first-order valence-electron chi connectivity index (χ1n) is 4.55. The van der Waals surface area contributed by atoms with Crippen LogP contribution in [0.4, 0.5) is 0 Å². The van der Waals surface area contributed by atoms with Crippen LogP contribution < -0.4 is 4.74 Å². The van der Waals surface area contributed by atoms with Crippen molar-refractivity contribution in [1.29, 1.82) is 0 Å². The minimum absolute atomic E-state index is 0.153. The van der Waals surface area contributed by atoms with E-state index in [1.54, 1.807) is 10.7 Å². The molecular weight excluding hydrogens is 328 g/mol. The van der Waals surface area contributed by atoms with Gasteiger partial charge < -0.3 is 4.74 Å². The van der Waals surface area contributed by atoms with Crippen LogP contribution in [0.3, 0.4) is 0 Å². The highest BCUT2D eigenvalue weighted by Crippen LogP contribution is 2.36. The summed E-state index contributed by atoms with van der Waals surface area (Å²) in [4.78, 5) is 4.27. The Balaban J connectivity index is 2.39. The summed E-state index contributed by atoms with van der Waals surface area (Å²) in [6, 6.07) is 0. The van der Waals surface area contributed by atoms with E-state index < -0.39 is 0 Å². The van der Waals surface area contributed by atoms with E-state index in [4.69, 9.17) is 16.3 Å². The molecule has 0 N–H and O–H groups in total. The number of aromatic nitrogens is 3. The van der Waals surface area contributed by atoms with E-state index in [0.29, 0.717) is 5.15 Å². The molecule has 0 aliphatic carbocycles. The molecule has 1 aliphatic rings. The Morgan fingerprint density at radius 3 is 3.27 bits per heavy atom. The molecule has 3 rings (SSSR count). The van der Waals surface area contributed by atoms with E-state index in [9.17, 15) is 0 Å². The molecule has 0 spiro atoms. The number of hydrogen-bond acceptors (Lipinski definition) is 3. The van der Waals surface area contributed by atoms with Crippen LogP contribution in [0.25, 0.3) is 5.65 Å². The summed E-state index contributed by atoms with van der Waals surface area (Å²) < 4.78 is 8.34. The van der Waals surface area contributed by atoms with Crippen LogP contribution in [0.5, 0.6) is 5.75 Å². The van der Waals surface area contributed by atoms with E-state index >= 15 is 0 Å². The molecule has 1 atom stereocenters. The summed E-state index contributed by atoms with van der Waals surface area (Å²) in [7, 11) is 0. The molecule has 0 saturated heterocycles. The number of fused-ring (bicyclic) bond motifs is 3. The highest BCUT2D eigenvalue weighted by Gasteiger charge is 2.27. The fraction of sp³-hybridized carbons (Fsp3) is 0.333. The zero-order valence-corrected chi connectivity index (χ0v) is 10.8. The second-order valence-corrected chi connectivity index (χ2v) is 5.01. The van der Waals surface area contributed by atoms with E-state index in [1.807, 2.05) is 6.92 Å². The van der Waals surface area contributed by atoms with Gasteiger partial charge in [0.1, 0.15) is 9.80 Å². The number of hydrogen-bond donors (Lipinski definition) is 0. The molecule has 6 heteroatoms. The van der Waals surface area contributed by atoms with Crippen LogP contribution in [0.1, 0.15) is 12.5 Å². The maximum atomic E-state index is 6.10. The van der Waals surface area contributed by atoms with Gasteiger partial charge in [-0.05, 0) is 29.5 Å². The predicted octanol–water partition coefficient (Wildman–Crippen LogP) is 2.31. The van der Waals surface area contributed by atoms with Crippen LogP contribution in [0.2, 0.25) is 5.15 Å². The third kappa shape index (κ3) is 1.32. The van der Waals surface area contributed by atoms with Gasteiger partial charge in [0.25, 0.3) is 0 Å². The molecule has 0 fully saturated rings. The Hall–Kier alpha value is -0.560. The van der Waals surface area contributed by atoms with Crippen molar-refractivity contribution < 1.29 is 4.74 Å². The lowest BCUT2D eigenvalue weighted by Crippen LogP contribution is -2.05. The largest absolute Gasteiger partial charge is 0.486 e. The Bertz CT molecular complexity index is 554. The van der Waals surface area contributed by atoms with Crippen molar-refractivity contribution in [3.8, 4) is 5.75 Å². The molecule has 15 heavy (non-hydrogen) atoms. The fourth-order valence-corrected chi connectivity index (χ4v) is 2.50. The first-order valence-corrected chi connectivity index (χ1v) is 6.00. The van der Waals surface area contributed by atoms with E-state index in [0.717, 1.165) is 27.1 Å². The van der Waals surface area contributed by atoms with Crippen LogP contribution in [0.15, 0.2) is 6.20 Å². The zero-order valence-electron chi connectivity index (χ0n) is 7.87. The summed E-state index contributed by atoms with van der Waals surface area (Å²) >= 11 is 8.26. The Morgan fingerprint density at radius 2 is 2.47 bits per heavy atom. The maximum Gasteiger partial charge on any atom is 0.197 e. The van der Waals surface area contributed by atoms with Crippen molar-refractivity contribution in [3.05, 3.63) is 20.6 Å². The monoisotopic (exact) mass is 335 g/mol. The number of imidazole rings is 1. The summed E-state index contributed by atoms with van der Waals surface area (Å²) in [5.74, 6) is 0.783. The lowest BCUT2D eigenvalue weighted by Gasteiger charge is -2.04. The molecular formula is C9H7ClIN3O. The average molecular weight is 336 g/mol. The average Bonchev–Trinajstić information content (AvgIpc) is 2.71. The van der Waals surface area contributed by atoms with Crippen molar-refractivity contribution in [1.82, 2.24) is 14.6 Å². The Labute approximate surface area is 105 Å². The molecule has 3 heterocycles. The van der Waals surface area contributed by atoms with Crippen molar-refractivity contribution in [2.45, 2.75) is 19.4 Å². The predicted molar refractivity (Wildman–Crippen MR) is 64.5 cm³/mol. The first-order chi connectivity index (χ1) is 7.16. The Morgan fingerprint density at radius 1 is 1.67 bits per heavy atom. The van der Waals surface area contributed by atoms with Gasteiger partial charge in [0.15, 0.2) is 16.5 Å². The van der Waals surface area contributed by atoms with Crippen molar-refractivity contribution in [3.63, 3.8) is 0 Å². The number of nitrogens with zero attached hydrogens (tertiary/aromatic N) is 3. The van der Waals surface area contributed by atoms with Gasteiger partial charge in [-0.15, -0.1) is 0 Å². The second-order valence-electron chi connectivity index (χ2n) is 3.55. The molecule has 4 nitrogen and oxygen atoms in total. The van der Waals surface area contributed by atoms with Gasteiger partial charge in [0, 0.05) is 12.0 Å². The zero-order chi connectivity index (χ0) is 10.6. The van der Waals surface area contributed by atoms with Gasteiger partial charge in [-0.1, -0.05) is 11.6 Å². The minimum Gasteiger partial charge on any atom is -0.486 e. The smallest absolute Gasteiger partial charge is 0.197 e. The quantitative estimate of drug-likeness (QED) is 0.694. The summed E-state index contributed by atoms with van der Waals surface area (Å²) in [5, 5.41) is 4.79. The molecule has 0 aromatic carbocycles. The molecule has 0 bridgehead atoms. The van der Waals surface area contributed by atoms with Crippen molar-refractivity contribution in [2.24, 2.45) is 0 Å². The molecule has 1 aliphatic heterocycles. The molecule has 0 saturated carbocycles. The molecule has 1 unspecified atom stereocenters. The normalized spacial score (nSPS) is 19.3. The summed E-state index contributed by atoms with van der Waals surface area (Å²) in [5.41, 5.74) is 1.72. The van der Waals surface area contributed by atoms with Crippen LogP contribution >= 0.6 is 34.2 Å². The Kier molecular flexibility index (Phi) is 2.07. The van der Waals surface area contributed by atoms with Crippen LogP contribution in [-0.4, -0.2) is 20.7 Å². The fourth-order valence-electron chi connectivity index (χ4n) is 1.78. The standard InChI is InChI=1S/C9H7ClIN3O/c1-4-2-5-7(15-4)9-12-3-6(11)14(9)13-8(5)10/h3-4H,2H2,1H3. The van der Waals surface area contributed by atoms with E-state index in [-0.39, 0.29) is 6.10 Å².